The van der Waals surface area contributed by atoms with Crippen molar-refractivity contribution in [1.29, 1.82) is 0 Å². The highest BCUT2D eigenvalue weighted by atomic mass is 35.5. The quantitative estimate of drug-likeness (QED) is 0.786. The molecule has 0 atom stereocenters. The number of aryl methyl sites for hydroxylation is 1. The molecule has 2 aliphatic rings. The van der Waals surface area contributed by atoms with Gasteiger partial charge in [0.25, 0.3) is 0 Å². The minimum absolute atomic E-state index is 0. The third-order valence-electron chi connectivity index (χ3n) is 5.34. The number of anilines is 1. The molecule has 8 heteroatoms. The first-order chi connectivity index (χ1) is 12.8. The second-order valence-corrected chi connectivity index (χ2v) is 7.31. The topological polar surface area (TPSA) is 66.0 Å². The van der Waals surface area contributed by atoms with E-state index < -0.39 is 0 Å². The first kappa shape index (κ1) is 22.8. The molecule has 0 radical (unpaired) electrons. The molecule has 0 aromatic carbocycles. The fraction of sp³-hybridized carbons (Fsp3) is 0.550. The highest BCUT2D eigenvalue weighted by Gasteiger charge is 2.22. The van der Waals surface area contributed by atoms with Crippen molar-refractivity contribution in [3.63, 3.8) is 0 Å². The van der Waals surface area contributed by atoms with Crippen molar-refractivity contribution in [2.45, 2.75) is 45.2 Å². The number of nitrogens with one attached hydrogen (secondary N) is 2. The maximum atomic E-state index is 4.74. The first-order valence-electron chi connectivity index (χ1n) is 9.74. The lowest BCUT2D eigenvalue weighted by Crippen LogP contribution is -2.39. The van der Waals surface area contributed by atoms with Crippen LogP contribution in [0.3, 0.4) is 0 Å². The molecule has 0 bridgehead atoms. The summed E-state index contributed by atoms with van der Waals surface area (Å²) in [6.45, 7) is 7.16. The van der Waals surface area contributed by atoms with Crippen molar-refractivity contribution in [2.24, 2.45) is 0 Å². The van der Waals surface area contributed by atoms with Crippen LogP contribution in [0.25, 0.3) is 0 Å². The molecule has 154 valence electrons. The standard InChI is InChI=1S/C20H28N6.2ClH/c1-15-23-19-6-11-21-10-5-18(19)20(24-15)25-16-7-12-26(13-8-16)14-17-4-2-3-9-22-17;;/h2-4,9,16,21H,5-8,10-14H2,1H3,(H,23,24,25);2*1H. The molecular formula is C20H30Cl2N6. The van der Waals surface area contributed by atoms with Gasteiger partial charge in [0.15, 0.2) is 0 Å². The summed E-state index contributed by atoms with van der Waals surface area (Å²) >= 11 is 0. The number of likely N-dealkylation sites (tertiary alicyclic amines) is 1. The van der Waals surface area contributed by atoms with Crippen LogP contribution in [0.2, 0.25) is 0 Å². The molecule has 6 nitrogen and oxygen atoms in total. The summed E-state index contributed by atoms with van der Waals surface area (Å²) in [6, 6.07) is 6.64. The summed E-state index contributed by atoms with van der Waals surface area (Å²) in [4.78, 5) is 16.4. The van der Waals surface area contributed by atoms with Gasteiger partial charge >= 0.3 is 0 Å². The Morgan fingerprint density at radius 1 is 1.11 bits per heavy atom. The van der Waals surface area contributed by atoms with E-state index in [2.05, 4.69) is 37.6 Å². The smallest absolute Gasteiger partial charge is 0.133 e. The molecule has 2 aromatic rings. The monoisotopic (exact) mass is 424 g/mol. The number of hydrogen-bond acceptors (Lipinski definition) is 6. The van der Waals surface area contributed by atoms with E-state index in [4.69, 9.17) is 4.98 Å². The highest BCUT2D eigenvalue weighted by molar-refractivity contribution is 5.85. The predicted molar refractivity (Wildman–Crippen MR) is 118 cm³/mol. The Kier molecular flexibility index (Phi) is 8.89. The van der Waals surface area contributed by atoms with Crippen LogP contribution in [-0.4, -0.2) is 52.1 Å². The van der Waals surface area contributed by atoms with Crippen LogP contribution in [0.4, 0.5) is 5.82 Å². The Morgan fingerprint density at radius 2 is 1.89 bits per heavy atom. The summed E-state index contributed by atoms with van der Waals surface area (Å²) in [7, 11) is 0. The Hall–Kier alpha value is -1.47. The number of pyridine rings is 1. The second kappa shape index (κ2) is 10.9. The predicted octanol–water partition coefficient (Wildman–Crippen LogP) is 2.79. The molecule has 0 aliphatic carbocycles. The number of rotatable bonds is 4. The molecule has 0 spiro atoms. The lowest BCUT2D eigenvalue weighted by Gasteiger charge is -2.32. The molecule has 4 heterocycles. The van der Waals surface area contributed by atoms with Crippen LogP contribution in [0.15, 0.2) is 24.4 Å². The lowest BCUT2D eigenvalue weighted by molar-refractivity contribution is 0.209. The second-order valence-electron chi connectivity index (χ2n) is 7.31. The van der Waals surface area contributed by atoms with Crippen molar-refractivity contribution in [1.82, 2.24) is 25.2 Å². The van der Waals surface area contributed by atoms with E-state index in [1.54, 1.807) is 0 Å². The molecule has 1 saturated heterocycles. The number of aromatic nitrogens is 3. The zero-order valence-electron chi connectivity index (χ0n) is 16.4. The van der Waals surface area contributed by atoms with Gasteiger partial charge in [-0.15, -0.1) is 24.8 Å². The normalized spacial score (nSPS) is 17.6. The minimum atomic E-state index is 0. The fourth-order valence-corrected chi connectivity index (χ4v) is 3.94. The van der Waals surface area contributed by atoms with Crippen LogP contribution in [-0.2, 0) is 19.4 Å². The Morgan fingerprint density at radius 3 is 2.64 bits per heavy atom. The largest absolute Gasteiger partial charge is 0.367 e. The van der Waals surface area contributed by atoms with Crippen molar-refractivity contribution in [3.05, 3.63) is 47.2 Å². The van der Waals surface area contributed by atoms with Crippen molar-refractivity contribution in [2.75, 3.05) is 31.5 Å². The van der Waals surface area contributed by atoms with E-state index in [0.29, 0.717) is 6.04 Å². The zero-order chi connectivity index (χ0) is 17.8. The van der Waals surface area contributed by atoms with Gasteiger partial charge in [0.1, 0.15) is 11.6 Å². The number of fused-ring (bicyclic) bond motifs is 1. The van der Waals surface area contributed by atoms with Crippen LogP contribution < -0.4 is 10.6 Å². The lowest BCUT2D eigenvalue weighted by atomic mass is 10.0. The summed E-state index contributed by atoms with van der Waals surface area (Å²) < 4.78 is 0. The number of piperidine rings is 1. The summed E-state index contributed by atoms with van der Waals surface area (Å²) in [5.41, 5.74) is 3.69. The number of halogens is 2. The zero-order valence-corrected chi connectivity index (χ0v) is 18.0. The van der Waals surface area contributed by atoms with E-state index in [1.807, 2.05) is 19.2 Å². The molecule has 2 aromatic heterocycles. The van der Waals surface area contributed by atoms with Gasteiger partial charge in [-0.05, 0) is 44.9 Å². The highest BCUT2D eigenvalue weighted by Crippen LogP contribution is 2.23. The van der Waals surface area contributed by atoms with Gasteiger partial charge in [-0.3, -0.25) is 9.88 Å². The third-order valence-corrected chi connectivity index (χ3v) is 5.34. The first-order valence-corrected chi connectivity index (χ1v) is 9.74. The SMILES string of the molecule is Cc1nc2c(c(NC3CCN(Cc4ccccn4)CC3)n1)CCNCC2.Cl.Cl. The summed E-state index contributed by atoms with van der Waals surface area (Å²) in [5.74, 6) is 1.94. The van der Waals surface area contributed by atoms with Gasteiger partial charge in [-0.1, -0.05) is 6.07 Å². The van der Waals surface area contributed by atoms with Gasteiger partial charge in [0, 0.05) is 50.4 Å². The summed E-state index contributed by atoms with van der Waals surface area (Å²) in [6.07, 6.45) is 6.17. The van der Waals surface area contributed by atoms with Crippen molar-refractivity contribution < 1.29 is 0 Å². The van der Waals surface area contributed by atoms with E-state index >= 15 is 0 Å². The van der Waals surface area contributed by atoms with Gasteiger partial charge < -0.3 is 10.6 Å². The van der Waals surface area contributed by atoms with Crippen molar-refractivity contribution in [3.8, 4) is 0 Å². The van der Waals surface area contributed by atoms with E-state index in [0.717, 1.165) is 75.7 Å². The fourth-order valence-electron chi connectivity index (χ4n) is 3.94. The average Bonchev–Trinajstić information content (AvgIpc) is 2.90. The van der Waals surface area contributed by atoms with E-state index in [9.17, 15) is 0 Å². The molecular weight excluding hydrogens is 395 g/mol. The summed E-state index contributed by atoms with van der Waals surface area (Å²) in [5, 5.41) is 7.21. The molecule has 0 amide bonds. The Bertz CT molecular complexity index is 735. The molecule has 0 unspecified atom stereocenters. The molecule has 2 N–H and O–H groups in total. The maximum absolute atomic E-state index is 4.74. The molecule has 0 saturated carbocycles. The van der Waals surface area contributed by atoms with Crippen molar-refractivity contribution >= 4 is 30.6 Å². The minimum Gasteiger partial charge on any atom is -0.367 e. The van der Waals surface area contributed by atoms with E-state index in [1.165, 1.54) is 11.3 Å². The average molecular weight is 425 g/mol. The van der Waals surface area contributed by atoms with Crippen LogP contribution in [0.5, 0.6) is 0 Å². The van der Waals surface area contributed by atoms with E-state index in [-0.39, 0.29) is 24.8 Å². The number of hydrogen-bond donors (Lipinski definition) is 2. The molecule has 2 aliphatic heterocycles. The Balaban J connectivity index is 0.00000140. The van der Waals surface area contributed by atoms with Gasteiger partial charge in [-0.2, -0.15) is 0 Å². The van der Waals surface area contributed by atoms with Crippen LogP contribution in [0.1, 0.15) is 35.6 Å². The molecule has 1 fully saturated rings. The third kappa shape index (κ3) is 5.77. The number of nitrogens with zero attached hydrogens (tertiary/aromatic N) is 4. The molecule has 4 rings (SSSR count). The molecule has 28 heavy (non-hydrogen) atoms. The van der Waals surface area contributed by atoms with Gasteiger partial charge in [-0.25, -0.2) is 9.97 Å². The van der Waals surface area contributed by atoms with Crippen LogP contribution >= 0.6 is 24.8 Å². The van der Waals surface area contributed by atoms with Gasteiger partial charge in [0.2, 0.25) is 0 Å². The maximum Gasteiger partial charge on any atom is 0.133 e. The van der Waals surface area contributed by atoms with Gasteiger partial charge in [0.05, 0.1) is 11.4 Å². The van der Waals surface area contributed by atoms with Crippen LogP contribution in [0, 0.1) is 6.92 Å². The Labute approximate surface area is 179 Å².